The molecule has 92 valence electrons. The molecule has 5 nitrogen and oxygen atoms in total. The van der Waals surface area contributed by atoms with Crippen molar-refractivity contribution in [3.8, 4) is 0 Å². The zero-order valence-electron chi connectivity index (χ0n) is 9.71. The highest BCUT2D eigenvalue weighted by Crippen LogP contribution is 2.19. The van der Waals surface area contributed by atoms with Crippen molar-refractivity contribution in [2.45, 2.75) is 6.92 Å². The Hall–Kier alpha value is -2.43. The molecule has 0 saturated heterocycles. The molecule has 2 rings (SSSR count). The molecule has 1 aromatic carbocycles. The molecule has 0 amide bonds. The van der Waals surface area contributed by atoms with Crippen molar-refractivity contribution in [1.29, 1.82) is 0 Å². The normalized spacial score (nSPS) is 10.3. The number of carboxylic acids is 1. The predicted molar refractivity (Wildman–Crippen MR) is 64.7 cm³/mol. The van der Waals surface area contributed by atoms with Gasteiger partial charge in [0.05, 0.1) is 23.3 Å². The second-order valence-corrected chi connectivity index (χ2v) is 3.62. The van der Waals surface area contributed by atoms with E-state index in [1.54, 1.807) is 19.1 Å². The Kier molecular flexibility index (Phi) is 3.23. The van der Waals surface area contributed by atoms with Crippen LogP contribution in [-0.4, -0.2) is 28.6 Å². The van der Waals surface area contributed by atoms with E-state index in [1.165, 1.54) is 18.3 Å². The van der Waals surface area contributed by atoms with E-state index in [1.807, 2.05) is 0 Å². The number of benzene rings is 1. The smallest absolute Gasteiger partial charge is 0.338 e. The molecule has 1 N–H and O–H groups in total. The van der Waals surface area contributed by atoms with Crippen molar-refractivity contribution in [3.63, 3.8) is 0 Å². The zero-order valence-corrected chi connectivity index (χ0v) is 9.71. The highest BCUT2D eigenvalue weighted by molar-refractivity contribution is 6.04. The van der Waals surface area contributed by atoms with Crippen LogP contribution in [0.4, 0.5) is 0 Å². The van der Waals surface area contributed by atoms with Gasteiger partial charge in [-0.3, -0.25) is 4.98 Å². The van der Waals surface area contributed by atoms with E-state index in [0.29, 0.717) is 16.5 Å². The molecule has 0 spiro atoms. The van der Waals surface area contributed by atoms with E-state index in [9.17, 15) is 9.59 Å². The lowest BCUT2D eigenvalue weighted by molar-refractivity contribution is 0.0525. The largest absolute Gasteiger partial charge is 0.478 e. The lowest BCUT2D eigenvalue weighted by atomic mass is 10.1. The molecule has 0 aliphatic heterocycles. The number of hydrogen-bond donors (Lipinski definition) is 1. The van der Waals surface area contributed by atoms with E-state index < -0.39 is 11.9 Å². The maximum atomic E-state index is 11.6. The molecule has 0 saturated carbocycles. The average molecular weight is 245 g/mol. The molecule has 18 heavy (non-hydrogen) atoms. The molecular weight excluding hydrogens is 234 g/mol. The fourth-order valence-corrected chi connectivity index (χ4v) is 1.67. The molecule has 0 atom stereocenters. The monoisotopic (exact) mass is 245 g/mol. The third-order valence-corrected chi connectivity index (χ3v) is 2.48. The number of nitrogens with zero attached hydrogens (tertiary/aromatic N) is 1. The van der Waals surface area contributed by atoms with Gasteiger partial charge in [0.2, 0.25) is 0 Å². The fraction of sp³-hybridized carbons (Fsp3) is 0.154. The summed E-state index contributed by atoms with van der Waals surface area (Å²) in [5.41, 5.74) is 0.967. The predicted octanol–water partition coefficient (Wildman–Crippen LogP) is 2.11. The molecule has 0 aliphatic rings. The minimum atomic E-state index is -1.05. The van der Waals surface area contributed by atoms with Crippen LogP contribution in [0.1, 0.15) is 27.6 Å². The summed E-state index contributed by atoms with van der Waals surface area (Å²) in [5.74, 6) is -1.52. The third-order valence-electron chi connectivity index (χ3n) is 2.48. The fourth-order valence-electron chi connectivity index (χ4n) is 1.67. The Morgan fingerprint density at radius 3 is 2.78 bits per heavy atom. The van der Waals surface area contributed by atoms with Gasteiger partial charge in [-0.15, -0.1) is 0 Å². The first-order valence-corrected chi connectivity index (χ1v) is 5.42. The van der Waals surface area contributed by atoms with E-state index in [2.05, 4.69) is 4.98 Å². The van der Waals surface area contributed by atoms with Gasteiger partial charge in [-0.25, -0.2) is 9.59 Å². The average Bonchev–Trinajstić information content (AvgIpc) is 2.37. The van der Waals surface area contributed by atoms with Crippen molar-refractivity contribution in [2.75, 3.05) is 6.61 Å². The zero-order chi connectivity index (χ0) is 13.1. The molecule has 0 fully saturated rings. The van der Waals surface area contributed by atoms with Crippen LogP contribution in [0, 0.1) is 0 Å². The molecule has 2 aromatic rings. The number of rotatable bonds is 3. The molecular formula is C13H11NO4. The van der Waals surface area contributed by atoms with Crippen molar-refractivity contribution in [3.05, 3.63) is 41.6 Å². The quantitative estimate of drug-likeness (QED) is 0.838. The molecule has 0 radical (unpaired) electrons. The Bertz CT molecular complexity index is 621. The lowest BCUT2D eigenvalue weighted by Gasteiger charge is -2.05. The molecule has 5 heteroatoms. The summed E-state index contributed by atoms with van der Waals surface area (Å²) in [6.07, 6.45) is 1.43. The minimum absolute atomic E-state index is 0.117. The number of aromatic carboxylic acids is 1. The van der Waals surface area contributed by atoms with Crippen LogP contribution in [0.15, 0.2) is 30.5 Å². The van der Waals surface area contributed by atoms with Gasteiger partial charge in [-0.2, -0.15) is 0 Å². The van der Waals surface area contributed by atoms with Crippen LogP contribution in [-0.2, 0) is 4.74 Å². The number of ether oxygens (including phenoxy) is 1. The number of carbonyl (C=O) groups excluding carboxylic acids is 1. The molecule has 0 unspecified atom stereocenters. The van der Waals surface area contributed by atoms with Gasteiger partial charge in [0, 0.05) is 11.6 Å². The van der Waals surface area contributed by atoms with Crippen LogP contribution in [0.25, 0.3) is 10.9 Å². The third kappa shape index (κ3) is 2.15. The number of esters is 1. The van der Waals surface area contributed by atoms with Gasteiger partial charge >= 0.3 is 11.9 Å². The van der Waals surface area contributed by atoms with Crippen LogP contribution >= 0.6 is 0 Å². The summed E-state index contributed by atoms with van der Waals surface area (Å²) in [6, 6.07) is 6.07. The van der Waals surface area contributed by atoms with Gasteiger partial charge in [-0.1, -0.05) is 0 Å². The minimum Gasteiger partial charge on any atom is -0.478 e. The van der Waals surface area contributed by atoms with Crippen LogP contribution in [0.5, 0.6) is 0 Å². The van der Waals surface area contributed by atoms with E-state index in [4.69, 9.17) is 9.84 Å². The van der Waals surface area contributed by atoms with E-state index in [-0.39, 0.29) is 12.2 Å². The Labute approximate surface area is 103 Å². The van der Waals surface area contributed by atoms with Gasteiger partial charge in [0.1, 0.15) is 0 Å². The van der Waals surface area contributed by atoms with Crippen molar-refractivity contribution < 1.29 is 19.4 Å². The maximum Gasteiger partial charge on any atom is 0.338 e. The SMILES string of the molecule is CCOC(=O)c1ccc2nccc(C(=O)O)c2c1. The summed E-state index contributed by atoms with van der Waals surface area (Å²) in [7, 11) is 0. The maximum absolute atomic E-state index is 11.6. The number of pyridine rings is 1. The van der Waals surface area contributed by atoms with Crippen molar-refractivity contribution >= 4 is 22.8 Å². The summed E-state index contributed by atoms with van der Waals surface area (Å²) in [4.78, 5) is 26.7. The Morgan fingerprint density at radius 1 is 1.33 bits per heavy atom. The first-order chi connectivity index (χ1) is 8.63. The molecule has 1 heterocycles. The number of fused-ring (bicyclic) bond motifs is 1. The van der Waals surface area contributed by atoms with E-state index in [0.717, 1.165) is 0 Å². The number of hydrogen-bond acceptors (Lipinski definition) is 4. The van der Waals surface area contributed by atoms with Crippen LogP contribution in [0.3, 0.4) is 0 Å². The van der Waals surface area contributed by atoms with Crippen LogP contribution < -0.4 is 0 Å². The van der Waals surface area contributed by atoms with Gasteiger partial charge in [0.15, 0.2) is 0 Å². The highest BCUT2D eigenvalue weighted by Gasteiger charge is 2.12. The van der Waals surface area contributed by atoms with Crippen molar-refractivity contribution in [1.82, 2.24) is 4.98 Å². The number of carbonyl (C=O) groups is 2. The standard InChI is InChI=1S/C13H11NO4/c1-2-18-13(17)8-3-4-11-10(7-8)9(12(15)16)5-6-14-11/h3-7H,2H2,1H3,(H,15,16). The number of carboxylic acid groups (broad SMARTS) is 1. The van der Waals surface area contributed by atoms with E-state index >= 15 is 0 Å². The van der Waals surface area contributed by atoms with Crippen molar-refractivity contribution in [2.24, 2.45) is 0 Å². The van der Waals surface area contributed by atoms with Gasteiger partial charge < -0.3 is 9.84 Å². The molecule has 1 aromatic heterocycles. The van der Waals surface area contributed by atoms with Gasteiger partial charge in [0.25, 0.3) is 0 Å². The lowest BCUT2D eigenvalue weighted by Crippen LogP contribution is -2.05. The summed E-state index contributed by atoms with van der Waals surface area (Å²) in [6.45, 7) is 1.98. The second-order valence-electron chi connectivity index (χ2n) is 3.62. The topological polar surface area (TPSA) is 76.5 Å². The summed E-state index contributed by atoms with van der Waals surface area (Å²) < 4.78 is 4.87. The Balaban J connectivity index is 2.58. The Morgan fingerprint density at radius 2 is 2.11 bits per heavy atom. The second kappa shape index (κ2) is 4.83. The first kappa shape index (κ1) is 12.0. The summed E-state index contributed by atoms with van der Waals surface area (Å²) >= 11 is 0. The molecule has 0 aliphatic carbocycles. The van der Waals surface area contributed by atoms with Gasteiger partial charge in [-0.05, 0) is 31.2 Å². The number of aromatic nitrogens is 1. The molecule has 0 bridgehead atoms. The first-order valence-electron chi connectivity index (χ1n) is 5.42. The summed E-state index contributed by atoms with van der Waals surface area (Å²) in [5, 5.41) is 9.50. The highest BCUT2D eigenvalue weighted by atomic mass is 16.5. The van der Waals surface area contributed by atoms with Crippen LogP contribution in [0.2, 0.25) is 0 Å².